The third kappa shape index (κ3) is 2.58. The van der Waals surface area contributed by atoms with Gasteiger partial charge in [-0.15, -0.1) is 0 Å². The van der Waals surface area contributed by atoms with Crippen LogP contribution in [0.4, 0.5) is 4.39 Å². The fraction of sp³-hybridized carbons (Fsp3) is 0.0556. The SMILES string of the molecule is Fc1ccccc1C1=NCc2cnc(Cl)nc2-c2ccc(Cl)cc21. The molecule has 3 aromatic rings. The normalized spacial score (nSPS) is 12.9. The smallest absolute Gasteiger partial charge is 0.222 e. The molecule has 6 heteroatoms. The fourth-order valence-electron chi connectivity index (χ4n) is 2.79. The maximum atomic E-state index is 14.3. The average Bonchev–Trinajstić information content (AvgIpc) is 2.72. The Morgan fingerprint density at radius 1 is 0.958 bits per heavy atom. The van der Waals surface area contributed by atoms with Crippen molar-refractivity contribution in [2.45, 2.75) is 6.54 Å². The van der Waals surface area contributed by atoms with Crippen LogP contribution in [0, 0.1) is 5.82 Å². The number of rotatable bonds is 1. The lowest BCUT2D eigenvalue weighted by molar-refractivity contribution is 0.625. The molecule has 1 aliphatic rings. The van der Waals surface area contributed by atoms with E-state index in [4.69, 9.17) is 23.2 Å². The van der Waals surface area contributed by atoms with Crippen LogP contribution in [0.5, 0.6) is 0 Å². The van der Waals surface area contributed by atoms with E-state index in [0.29, 0.717) is 28.5 Å². The highest BCUT2D eigenvalue weighted by Gasteiger charge is 2.22. The molecule has 118 valence electrons. The van der Waals surface area contributed by atoms with Gasteiger partial charge in [0.1, 0.15) is 5.82 Å². The average molecular weight is 358 g/mol. The van der Waals surface area contributed by atoms with Crippen molar-refractivity contribution in [2.75, 3.05) is 0 Å². The van der Waals surface area contributed by atoms with E-state index in [2.05, 4.69) is 15.0 Å². The number of benzene rings is 2. The summed E-state index contributed by atoms with van der Waals surface area (Å²) in [5.74, 6) is -0.336. The van der Waals surface area contributed by atoms with E-state index < -0.39 is 0 Å². The van der Waals surface area contributed by atoms with Crippen molar-refractivity contribution in [1.82, 2.24) is 9.97 Å². The molecule has 0 bridgehead atoms. The van der Waals surface area contributed by atoms with E-state index in [1.165, 1.54) is 6.07 Å². The third-order valence-corrected chi connectivity index (χ3v) is 4.28. The van der Waals surface area contributed by atoms with Gasteiger partial charge in [-0.3, -0.25) is 4.99 Å². The number of fused-ring (bicyclic) bond motifs is 3. The van der Waals surface area contributed by atoms with E-state index in [-0.39, 0.29) is 11.1 Å². The van der Waals surface area contributed by atoms with Crippen molar-refractivity contribution in [3.8, 4) is 11.3 Å². The quantitative estimate of drug-likeness (QED) is 0.578. The molecule has 1 aliphatic heterocycles. The van der Waals surface area contributed by atoms with Crippen LogP contribution in [0.2, 0.25) is 10.3 Å². The lowest BCUT2D eigenvalue weighted by Crippen LogP contribution is -2.07. The molecule has 1 aromatic heterocycles. The second-order valence-electron chi connectivity index (χ2n) is 5.35. The summed E-state index contributed by atoms with van der Waals surface area (Å²) >= 11 is 12.1. The largest absolute Gasteiger partial charge is 0.279 e. The van der Waals surface area contributed by atoms with Gasteiger partial charge >= 0.3 is 0 Å². The van der Waals surface area contributed by atoms with Crippen LogP contribution < -0.4 is 0 Å². The Morgan fingerprint density at radius 3 is 2.62 bits per heavy atom. The second kappa shape index (κ2) is 5.96. The number of hydrogen-bond acceptors (Lipinski definition) is 3. The van der Waals surface area contributed by atoms with Crippen molar-refractivity contribution < 1.29 is 4.39 Å². The molecule has 2 aromatic carbocycles. The van der Waals surface area contributed by atoms with Gasteiger partial charge in [-0.1, -0.05) is 29.8 Å². The molecule has 0 aliphatic carbocycles. The number of aromatic nitrogens is 2. The Labute approximate surface area is 147 Å². The maximum absolute atomic E-state index is 14.3. The molecule has 0 atom stereocenters. The highest BCUT2D eigenvalue weighted by molar-refractivity contribution is 6.31. The summed E-state index contributed by atoms with van der Waals surface area (Å²) in [5, 5.41) is 0.699. The van der Waals surface area contributed by atoms with Gasteiger partial charge in [0.15, 0.2) is 0 Å². The highest BCUT2D eigenvalue weighted by atomic mass is 35.5. The van der Waals surface area contributed by atoms with Gasteiger partial charge in [0.25, 0.3) is 0 Å². The van der Waals surface area contributed by atoms with Crippen molar-refractivity contribution in [3.63, 3.8) is 0 Å². The first-order chi connectivity index (χ1) is 11.6. The lowest BCUT2D eigenvalue weighted by Gasteiger charge is -2.12. The summed E-state index contributed by atoms with van der Waals surface area (Å²) in [4.78, 5) is 13.0. The first kappa shape index (κ1) is 15.2. The summed E-state index contributed by atoms with van der Waals surface area (Å²) in [6.45, 7) is 0.336. The minimum Gasteiger partial charge on any atom is -0.279 e. The van der Waals surface area contributed by atoms with Gasteiger partial charge in [-0.25, -0.2) is 14.4 Å². The first-order valence-corrected chi connectivity index (χ1v) is 8.00. The molecule has 0 saturated carbocycles. The standard InChI is InChI=1S/C18H10Cl2FN3/c19-11-5-6-12-14(7-11)17(13-3-1-2-4-15(13)21)22-8-10-9-23-18(20)24-16(10)12/h1-7,9H,8H2. The Balaban J connectivity index is 2.02. The lowest BCUT2D eigenvalue weighted by atomic mass is 9.95. The predicted molar refractivity (Wildman–Crippen MR) is 93.2 cm³/mol. The van der Waals surface area contributed by atoms with Crippen LogP contribution in [-0.2, 0) is 6.54 Å². The molecule has 0 spiro atoms. The molecule has 0 fully saturated rings. The zero-order chi connectivity index (χ0) is 16.7. The van der Waals surface area contributed by atoms with E-state index in [1.807, 2.05) is 6.07 Å². The van der Waals surface area contributed by atoms with E-state index in [9.17, 15) is 4.39 Å². The van der Waals surface area contributed by atoms with Gasteiger partial charge in [0.2, 0.25) is 5.28 Å². The van der Waals surface area contributed by atoms with Crippen molar-refractivity contribution in [3.05, 3.63) is 81.5 Å². The number of aliphatic imine (C=N–C) groups is 1. The minimum absolute atomic E-state index is 0.156. The second-order valence-corrected chi connectivity index (χ2v) is 6.12. The van der Waals surface area contributed by atoms with Gasteiger partial charge in [-0.2, -0.15) is 0 Å². The molecule has 0 N–H and O–H groups in total. The zero-order valence-corrected chi connectivity index (χ0v) is 13.8. The molecule has 0 saturated heterocycles. The van der Waals surface area contributed by atoms with Crippen molar-refractivity contribution in [1.29, 1.82) is 0 Å². The van der Waals surface area contributed by atoms with Gasteiger partial charge < -0.3 is 0 Å². The van der Waals surface area contributed by atoms with Gasteiger partial charge in [-0.05, 0) is 35.9 Å². The Kier molecular flexibility index (Phi) is 3.79. The van der Waals surface area contributed by atoms with Crippen LogP contribution >= 0.6 is 23.2 Å². The monoisotopic (exact) mass is 357 g/mol. The Bertz CT molecular complexity index is 986. The molecule has 3 nitrogen and oxygen atoms in total. The van der Waals surface area contributed by atoms with Crippen LogP contribution in [0.3, 0.4) is 0 Å². The predicted octanol–water partition coefficient (Wildman–Crippen LogP) is 4.94. The summed E-state index contributed by atoms with van der Waals surface area (Å²) in [6, 6.07) is 11.9. The molecular formula is C18H10Cl2FN3. The van der Waals surface area contributed by atoms with E-state index >= 15 is 0 Å². The van der Waals surface area contributed by atoms with Crippen LogP contribution in [0.15, 0.2) is 53.7 Å². The minimum atomic E-state index is -0.336. The number of hydrogen-bond donors (Lipinski definition) is 0. The first-order valence-electron chi connectivity index (χ1n) is 7.24. The molecule has 2 heterocycles. The highest BCUT2D eigenvalue weighted by Crippen LogP contribution is 2.33. The van der Waals surface area contributed by atoms with Crippen LogP contribution in [-0.4, -0.2) is 15.7 Å². The van der Waals surface area contributed by atoms with E-state index in [1.54, 1.807) is 36.5 Å². The zero-order valence-electron chi connectivity index (χ0n) is 12.3. The molecule has 0 radical (unpaired) electrons. The van der Waals surface area contributed by atoms with Crippen molar-refractivity contribution >= 4 is 28.9 Å². The summed E-state index contributed by atoms with van der Waals surface area (Å²) in [5.41, 5.74) is 4.01. The Hall–Kier alpha value is -2.30. The van der Waals surface area contributed by atoms with Crippen molar-refractivity contribution in [2.24, 2.45) is 4.99 Å². The topological polar surface area (TPSA) is 38.1 Å². The summed E-state index contributed by atoms with van der Waals surface area (Å²) in [7, 11) is 0. The molecule has 0 unspecified atom stereocenters. The van der Waals surface area contributed by atoms with Gasteiger partial charge in [0, 0.05) is 33.5 Å². The van der Waals surface area contributed by atoms with Gasteiger partial charge in [0.05, 0.1) is 18.0 Å². The van der Waals surface area contributed by atoms with Crippen LogP contribution in [0.1, 0.15) is 16.7 Å². The fourth-order valence-corrected chi connectivity index (χ4v) is 3.09. The summed E-state index contributed by atoms with van der Waals surface area (Å²) < 4.78 is 14.3. The molecule has 4 rings (SSSR count). The molecule has 24 heavy (non-hydrogen) atoms. The third-order valence-electron chi connectivity index (χ3n) is 3.86. The number of halogens is 3. The molecule has 0 amide bonds. The maximum Gasteiger partial charge on any atom is 0.222 e. The van der Waals surface area contributed by atoms with E-state index in [0.717, 1.165) is 16.7 Å². The number of nitrogens with zero attached hydrogens (tertiary/aromatic N) is 3. The van der Waals surface area contributed by atoms with Crippen LogP contribution in [0.25, 0.3) is 11.3 Å². The Morgan fingerprint density at radius 2 is 1.79 bits per heavy atom. The molecular weight excluding hydrogens is 348 g/mol. The summed E-state index contributed by atoms with van der Waals surface area (Å²) in [6.07, 6.45) is 1.65.